The number of anilines is 1. The Hall–Kier alpha value is -1.73. The molecule has 1 saturated heterocycles. The molecule has 1 fully saturated rings. The van der Waals surface area contributed by atoms with E-state index in [2.05, 4.69) is 43.3 Å². The highest BCUT2D eigenvalue weighted by molar-refractivity contribution is 9.12. The highest BCUT2D eigenvalue weighted by Crippen LogP contribution is 2.44. The molecule has 0 spiro atoms. The first-order chi connectivity index (χ1) is 13.8. The molecule has 1 aromatic rings. The number of likely N-dealkylation sites (tertiary alicyclic amines) is 1. The third-order valence-electron chi connectivity index (χ3n) is 6.20. The summed E-state index contributed by atoms with van der Waals surface area (Å²) in [6, 6.07) is 2.17. The molecule has 0 bridgehead atoms. The van der Waals surface area contributed by atoms with E-state index in [0.29, 0.717) is 10.2 Å². The number of nitrogen functional groups attached to an aromatic ring is 1. The molecule has 1 aliphatic carbocycles. The van der Waals surface area contributed by atoms with Crippen LogP contribution in [0.25, 0.3) is 5.57 Å². The van der Waals surface area contributed by atoms with Crippen molar-refractivity contribution in [3.63, 3.8) is 0 Å². The first-order valence-corrected chi connectivity index (χ1v) is 11.5. The number of rotatable bonds is 0. The molecule has 29 heavy (non-hydrogen) atoms. The minimum absolute atomic E-state index is 0.119. The number of aromatic hydroxyl groups is 1. The fraction of sp³-hybridized carbons (Fsp3) is 0.409. The van der Waals surface area contributed by atoms with Crippen molar-refractivity contribution >= 4 is 49.0 Å². The second-order valence-corrected chi connectivity index (χ2v) is 9.62. The molecule has 3 aliphatic rings. The molecule has 4 N–H and O–H groups in total. The lowest BCUT2D eigenvalue weighted by Crippen LogP contribution is -2.35. The lowest BCUT2D eigenvalue weighted by atomic mass is 9.80. The number of phenolic OH excluding ortho intramolecular Hbond substituents is 1. The number of benzene rings is 1. The highest BCUT2D eigenvalue weighted by atomic mass is 79.9. The van der Waals surface area contributed by atoms with Crippen LogP contribution in [0.5, 0.6) is 5.75 Å². The molecule has 5 nitrogen and oxygen atoms in total. The Kier molecular flexibility index (Phi) is 5.80. The first kappa shape index (κ1) is 20.5. The van der Waals surface area contributed by atoms with E-state index < -0.39 is 0 Å². The first-order valence-electron chi connectivity index (χ1n) is 9.94. The van der Waals surface area contributed by atoms with Crippen molar-refractivity contribution in [1.29, 1.82) is 0 Å². The number of allylic oxidation sites excluding steroid dienone is 2. The van der Waals surface area contributed by atoms with Crippen molar-refractivity contribution in [2.24, 2.45) is 0 Å². The van der Waals surface area contributed by atoms with Gasteiger partial charge in [-0.1, -0.05) is 5.57 Å². The molecule has 2 heterocycles. The van der Waals surface area contributed by atoms with Crippen LogP contribution >= 0.6 is 31.9 Å². The molecular formula is C22H25Br2N3O2. The van der Waals surface area contributed by atoms with Gasteiger partial charge in [0.05, 0.1) is 16.2 Å². The molecule has 4 rings (SSSR count). The predicted molar refractivity (Wildman–Crippen MR) is 124 cm³/mol. The number of hydrogen-bond acceptors (Lipinski definition) is 4. The van der Waals surface area contributed by atoms with Gasteiger partial charge in [0.2, 0.25) is 5.91 Å². The number of dihydropyridines is 1. The quantitative estimate of drug-likeness (QED) is 0.343. The van der Waals surface area contributed by atoms with Crippen molar-refractivity contribution < 1.29 is 9.90 Å². The van der Waals surface area contributed by atoms with Gasteiger partial charge in [0.1, 0.15) is 0 Å². The molecule has 1 amide bonds. The molecule has 0 saturated carbocycles. The number of nitrogens with one attached hydrogen (secondary N) is 1. The summed E-state index contributed by atoms with van der Waals surface area (Å²) in [6.07, 6.45) is 8.56. The average molecular weight is 523 g/mol. The normalized spacial score (nSPS) is 21.9. The maximum Gasteiger partial charge on any atom is 0.219 e. The number of hydrogen-bond donors (Lipinski definition) is 3. The maximum atomic E-state index is 11.8. The molecule has 1 atom stereocenters. The summed E-state index contributed by atoms with van der Waals surface area (Å²) in [5.74, 6) is 0.256. The lowest BCUT2D eigenvalue weighted by Gasteiger charge is -2.34. The van der Waals surface area contributed by atoms with E-state index in [4.69, 9.17) is 5.73 Å². The third kappa shape index (κ3) is 3.99. The molecule has 154 valence electrons. The van der Waals surface area contributed by atoms with E-state index in [9.17, 15) is 9.90 Å². The van der Waals surface area contributed by atoms with Crippen LogP contribution in [0.15, 0.2) is 38.4 Å². The van der Waals surface area contributed by atoms with Crippen molar-refractivity contribution in [2.75, 3.05) is 18.8 Å². The number of phenols is 1. The van der Waals surface area contributed by atoms with Crippen molar-refractivity contribution in [3.8, 4) is 5.75 Å². The molecule has 0 aromatic heterocycles. The van der Waals surface area contributed by atoms with Crippen molar-refractivity contribution in [3.05, 3.63) is 49.6 Å². The standard InChI is InChI=1S/C22H25Br2N3O2/c1-12(28)27-6-4-13(5-7-27)17-10-20-14(8-15(23)11-26-20)2-3-16-18(17)9-19(25)22(29)21(16)24/h8-9,11,20,26,29H,2-7,10,25H2,1H3. The van der Waals surface area contributed by atoms with E-state index in [1.165, 1.54) is 16.7 Å². The SMILES string of the molecule is CC(=O)N1CCC(=C2CC3NC=C(Br)C=C3CCc3c2cc(N)c(O)c3Br)CC1. The van der Waals surface area contributed by atoms with Crippen LogP contribution in [-0.2, 0) is 11.2 Å². The summed E-state index contributed by atoms with van der Waals surface area (Å²) >= 11 is 7.18. The molecule has 1 unspecified atom stereocenters. The van der Waals surface area contributed by atoms with Crippen LogP contribution in [0.4, 0.5) is 5.69 Å². The summed E-state index contributed by atoms with van der Waals surface area (Å²) < 4.78 is 1.75. The molecule has 2 aliphatic heterocycles. The van der Waals surface area contributed by atoms with Crippen molar-refractivity contribution in [2.45, 2.75) is 45.1 Å². The van der Waals surface area contributed by atoms with Gasteiger partial charge < -0.3 is 21.1 Å². The van der Waals surface area contributed by atoms with Gasteiger partial charge in [-0.3, -0.25) is 4.79 Å². The van der Waals surface area contributed by atoms with E-state index >= 15 is 0 Å². The van der Waals surface area contributed by atoms with E-state index in [1.807, 2.05) is 17.2 Å². The Morgan fingerprint density at radius 3 is 2.66 bits per heavy atom. The van der Waals surface area contributed by atoms with E-state index in [1.54, 1.807) is 6.92 Å². The Balaban J connectivity index is 1.82. The second kappa shape index (κ2) is 8.19. The number of piperidine rings is 1. The van der Waals surface area contributed by atoms with Gasteiger partial charge >= 0.3 is 0 Å². The minimum Gasteiger partial charge on any atom is -0.505 e. The number of amides is 1. The number of carbonyl (C=O) groups excluding carboxylic acids is 1. The van der Waals surface area contributed by atoms with Crippen LogP contribution in [0.1, 0.15) is 43.7 Å². The van der Waals surface area contributed by atoms with Gasteiger partial charge in [0.25, 0.3) is 0 Å². The summed E-state index contributed by atoms with van der Waals surface area (Å²) in [6.45, 7) is 3.14. The fourth-order valence-corrected chi connectivity index (χ4v) is 5.63. The Bertz CT molecular complexity index is 955. The fourth-order valence-electron chi connectivity index (χ4n) is 4.57. The third-order valence-corrected chi connectivity index (χ3v) is 7.51. The van der Waals surface area contributed by atoms with Gasteiger partial charge in [-0.15, -0.1) is 0 Å². The Labute approximate surface area is 188 Å². The molecular weight excluding hydrogens is 498 g/mol. The molecule has 0 radical (unpaired) electrons. The zero-order valence-electron chi connectivity index (χ0n) is 16.4. The summed E-state index contributed by atoms with van der Waals surface area (Å²) in [7, 11) is 0. The number of nitrogens with two attached hydrogens (primary N) is 1. The summed E-state index contributed by atoms with van der Waals surface area (Å²) in [5.41, 5.74) is 12.8. The zero-order chi connectivity index (χ0) is 20.7. The molecule has 7 heteroatoms. The second-order valence-electron chi connectivity index (χ2n) is 7.91. The van der Waals surface area contributed by atoms with Crippen LogP contribution in [0, 0.1) is 0 Å². The summed E-state index contributed by atoms with van der Waals surface area (Å²) in [4.78, 5) is 13.7. The topological polar surface area (TPSA) is 78.6 Å². The van der Waals surface area contributed by atoms with E-state index in [0.717, 1.165) is 60.8 Å². The smallest absolute Gasteiger partial charge is 0.219 e. The van der Waals surface area contributed by atoms with Gasteiger partial charge in [-0.2, -0.15) is 0 Å². The number of carbonyl (C=O) groups is 1. The van der Waals surface area contributed by atoms with Crippen LogP contribution in [0.2, 0.25) is 0 Å². The average Bonchev–Trinajstić information content (AvgIpc) is 2.69. The van der Waals surface area contributed by atoms with Gasteiger partial charge in [0, 0.05) is 30.7 Å². The van der Waals surface area contributed by atoms with Crippen LogP contribution in [0.3, 0.4) is 0 Å². The highest BCUT2D eigenvalue weighted by Gasteiger charge is 2.29. The minimum atomic E-state index is 0.119. The Morgan fingerprint density at radius 2 is 1.97 bits per heavy atom. The summed E-state index contributed by atoms with van der Waals surface area (Å²) in [5, 5.41) is 14.0. The van der Waals surface area contributed by atoms with Crippen LogP contribution in [-0.4, -0.2) is 35.0 Å². The van der Waals surface area contributed by atoms with Gasteiger partial charge in [-0.05, 0) is 98.4 Å². The van der Waals surface area contributed by atoms with Gasteiger partial charge in [0.15, 0.2) is 5.75 Å². The predicted octanol–water partition coefficient (Wildman–Crippen LogP) is 4.60. The zero-order valence-corrected chi connectivity index (χ0v) is 19.6. The largest absolute Gasteiger partial charge is 0.505 e. The lowest BCUT2D eigenvalue weighted by molar-refractivity contribution is -0.129. The van der Waals surface area contributed by atoms with Gasteiger partial charge in [-0.25, -0.2) is 0 Å². The van der Waals surface area contributed by atoms with E-state index in [-0.39, 0.29) is 17.7 Å². The van der Waals surface area contributed by atoms with Crippen molar-refractivity contribution in [1.82, 2.24) is 10.2 Å². The Morgan fingerprint density at radius 1 is 1.24 bits per heavy atom. The number of fused-ring (bicyclic) bond motifs is 2. The monoisotopic (exact) mass is 521 g/mol. The van der Waals surface area contributed by atoms with Crippen LogP contribution < -0.4 is 11.1 Å². The maximum absolute atomic E-state index is 11.8. The molecule has 1 aromatic carbocycles. The number of nitrogens with zero attached hydrogens (tertiary/aromatic N) is 1. The number of halogens is 2.